The molecule has 0 radical (unpaired) electrons. The van der Waals surface area contributed by atoms with Gasteiger partial charge in [0.25, 0.3) is 0 Å². The Morgan fingerprint density at radius 3 is 1.63 bits per heavy atom. The smallest absolute Gasteiger partial charge is 0.143 e. The summed E-state index contributed by atoms with van der Waals surface area (Å²) in [6, 6.07) is 0. The fraction of sp³-hybridized carbons (Fsp3) is 0.600. The third-order valence-corrected chi connectivity index (χ3v) is 5.72. The van der Waals surface area contributed by atoms with Gasteiger partial charge in [0.2, 0.25) is 0 Å². The fourth-order valence-electron chi connectivity index (χ4n) is 1.79. The van der Waals surface area contributed by atoms with Crippen LogP contribution in [-0.2, 0) is 9.59 Å². The quantitative estimate of drug-likeness (QED) is 0.452. The van der Waals surface area contributed by atoms with Gasteiger partial charge in [0.05, 0.1) is 14.0 Å². The van der Waals surface area contributed by atoms with Gasteiger partial charge in [-0.1, -0.05) is 50.4 Å². The summed E-state index contributed by atoms with van der Waals surface area (Å²) in [5.41, 5.74) is 3.27. The van der Waals surface area contributed by atoms with Crippen molar-refractivity contribution in [2.24, 2.45) is 5.92 Å². The van der Waals surface area contributed by atoms with Crippen LogP contribution in [0.25, 0.3) is 0 Å². The third kappa shape index (κ3) is 6.69. The van der Waals surface area contributed by atoms with E-state index in [1.807, 2.05) is 6.08 Å². The maximum absolute atomic E-state index is 11.8. The molecule has 0 aliphatic carbocycles. The monoisotopic (exact) mass is 294 g/mol. The van der Waals surface area contributed by atoms with Gasteiger partial charge >= 0.3 is 0 Å². The van der Waals surface area contributed by atoms with Crippen LogP contribution in [0.4, 0.5) is 0 Å². The van der Waals surface area contributed by atoms with Crippen molar-refractivity contribution in [2.75, 3.05) is 0 Å². The van der Waals surface area contributed by atoms with Crippen molar-refractivity contribution < 1.29 is 9.59 Å². The lowest BCUT2D eigenvalue weighted by Crippen LogP contribution is -2.35. The molecular formula is C15H26O2Si2. The molecule has 0 saturated heterocycles. The van der Waals surface area contributed by atoms with Crippen molar-refractivity contribution in [3.8, 4) is 11.5 Å². The summed E-state index contributed by atoms with van der Waals surface area (Å²) in [4.78, 5) is 23.5. The van der Waals surface area contributed by atoms with E-state index in [1.165, 1.54) is 13.8 Å². The van der Waals surface area contributed by atoms with Crippen molar-refractivity contribution in [3.63, 3.8) is 0 Å². The van der Waals surface area contributed by atoms with E-state index < -0.39 is 22.1 Å². The molecule has 0 aliphatic heterocycles. The van der Waals surface area contributed by atoms with Crippen LogP contribution in [0.1, 0.15) is 13.8 Å². The van der Waals surface area contributed by atoms with Crippen molar-refractivity contribution in [1.82, 2.24) is 0 Å². The summed E-state index contributed by atoms with van der Waals surface area (Å²) in [5.74, 6) is 2.36. The van der Waals surface area contributed by atoms with E-state index in [0.717, 1.165) is 5.20 Å². The number of carbonyl (C=O) groups excluding carboxylic acids is 2. The first-order valence-corrected chi connectivity index (χ1v) is 13.6. The first-order chi connectivity index (χ1) is 8.36. The highest BCUT2D eigenvalue weighted by atomic mass is 28.3. The number of carbonyl (C=O) groups is 2. The minimum Gasteiger partial charge on any atom is -0.299 e. The molecule has 0 bridgehead atoms. The largest absolute Gasteiger partial charge is 0.299 e. The Bertz CT molecular complexity index is 437. The van der Waals surface area contributed by atoms with Gasteiger partial charge in [-0.15, -0.1) is 5.54 Å². The third-order valence-electron chi connectivity index (χ3n) is 2.66. The molecular weight excluding hydrogens is 268 g/mol. The maximum atomic E-state index is 11.8. The molecule has 0 aliphatic rings. The van der Waals surface area contributed by atoms with Crippen LogP contribution in [0.2, 0.25) is 39.3 Å². The van der Waals surface area contributed by atoms with E-state index in [-0.39, 0.29) is 11.6 Å². The van der Waals surface area contributed by atoms with Crippen LogP contribution in [0.15, 0.2) is 11.3 Å². The van der Waals surface area contributed by atoms with Crippen LogP contribution in [0.3, 0.4) is 0 Å². The second kappa shape index (κ2) is 6.49. The van der Waals surface area contributed by atoms with Crippen molar-refractivity contribution in [2.45, 2.75) is 53.1 Å². The summed E-state index contributed by atoms with van der Waals surface area (Å²) < 4.78 is 0. The standard InChI is InChI=1S/C15H26O2Si2/c1-12(16)15(13(2)17)14(19(6,7)8)10-9-11-18(3,4)5/h10,15H,1-8H3/b14-10+. The molecule has 0 N–H and O–H groups in total. The zero-order valence-electron chi connectivity index (χ0n) is 13.5. The summed E-state index contributed by atoms with van der Waals surface area (Å²) in [5, 5.41) is 0.957. The van der Waals surface area contributed by atoms with Crippen LogP contribution in [0, 0.1) is 17.4 Å². The van der Waals surface area contributed by atoms with E-state index in [2.05, 4.69) is 50.7 Å². The molecule has 0 fully saturated rings. The van der Waals surface area contributed by atoms with Crippen molar-refractivity contribution in [1.29, 1.82) is 0 Å². The number of allylic oxidation sites excluding steroid dienone is 2. The molecule has 4 heteroatoms. The molecule has 0 atom stereocenters. The second-order valence-corrected chi connectivity index (χ2v) is 16.9. The van der Waals surface area contributed by atoms with Gasteiger partial charge in [0.1, 0.15) is 19.6 Å². The number of hydrogen-bond acceptors (Lipinski definition) is 2. The first kappa shape index (κ1) is 18.1. The Labute approximate surface area is 119 Å². The Morgan fingerprint density at radius 2 is 1.37 bits per heavy atom. The minimum absolute atomic E-state index is 0.0732. The molecule has 0 aromatic heterocycles. The van der Waals surface area contributed by atoms with Crippen LogP contribution >= 0.6 is 0 Å². The molecule has 0 spiro atoms. The Balaban J connectivity index is 5.70. The lowest BCUT2D eigenvalue weighted by Gasteiger charge is -2.25. The van der Waals surface area contributed by atoms with E-state index in [0.29, 0.717) is 0 Å². The average molecular weight is 295 g/mol. The highest BCUT2D eigenvalue weighted by molar-refractivity contribution is 6.84. The van der Waals surface area contributed by atoms with E-state index in [9.17, 15) is 9.59 Å². The number of ketones is 2. The number of Topliss-reactive ketones (excluding diaryl/α,β-unsaturated/α-hetero) is 2. The maximum Gasteiger partial charge on any atom is 0.143 e. The van der Waals surface area contributed by atoms with Gasteiger partial charge in [-0.3, -0.25) is 9.59 Å². The molecule has 0 heterocycles. The van der Waals surface area contributed by atoms with E-state index >= 15 is 0 Å². The Morgan fingerprint density at radius 1 is 0.947 bits per heavy atom. The van der Waals surface area contributed by atoms with Crippen molar-refractivity contribution >= 4 is 27.7 Å². The summed E-state index contributed by atoms with van der Waals surface area (Å²) in [7, 11) is -3.17. The van der Waals surface area contributed by atoms with Crippen molar-refractivity contribution in [3.05, 3.63) is 11.3 Å². The minimum atomic E-state index is -1.74. The molecule has 0 aromatic carbocycles. The Kier molecular flexibility index (Phi) is 6.17. The summed E-state index contributed by atoms with van der Waals surface area (Å²) in [6.45, 7) is 16.0. The van der Waals surface area contributed by atoms with Gasteiger partial charge in [-0.05, 0) is 19.9 Å². The zero-order valence-corrected chi connectivity index (χ0v) is 15.5. The molecule has 106 valence electrons. The van der Waals surface area contributed by atoms with E-state index in [1.54, 1.807) is 0 Å². The highest BCUT2D eigenvalue weighted by Gasteiger charge is 2.32. The van der Waals surface area contributed by atoms with Gasteiger partial charge < -0.3 is 0 Å². The molecule has 0 unspecified atom stereocenters. The lowest BCUT2D eigenvalue weighted by molar-refractivity contribution is -0.128. The van der Waals surface area contributed by atoms with Gasteiger partial charge in [-0.2, -0.15) is 0 Å². The lowest BCUT2D eigenvalue weighted by atomic mass is 10.00. The SMILES string of the molecule is CC(=O)C(C(C)=O)/C(=C\C#C[Si](C)(C)C)[Si](C)(C)C. The predicted octanol–water partition coefficient (Wildman–Crippen LogP) is 3.47. The Hall–Kier alpha value is -0.926. The fourth-order valence-corrected chi connectivity index (χ4v) is 4.07. The summed E-state index contributed by atoms with van der Waals surface area (Å²) in [6.07, 6.45) is 1.85. The second-order valence-electron chi connectivity index (χ2n) is 7.02. The highest BCUT2D eigenvalue weighted by Crippen LogP contribution is 2.24. The number of hydrogen-bond donors (Lipinski definition) is 0. The van der Waals surface area contributed by atoms with Crippen LogP contribution in [-0.4, -0.2) is 27.7 Å². The average Bonchev–Trinajstić information content (AvgIpc) is 2.11. The predicted molar refractivity (Wildman–Crippen MR) is 87.4 cm³/mol. The van der Waals surface area contributed by atoms with E-state index in [4.69, 9.17) is 0 Å². The normalized spacial score (nSPS) is 13.0. The first-order valence-electron chi connectivity index (χ1n) is 6.60. The van der Waals surface area contributed by atoms with Gasteiger partial charge in [0.15, 0.2) is 0 Å². The molecule has 0 aromatic rings. The molecule has 0 rings (SSSR count). The van der Waals surface area contributed by atoms with Gasteiger partial charge in [0, 0.05) is 0 Å². The summed E-state index contributed by atoms with van der Waals surface area (Å²) >= 11 is 0. The molecule has 19 heavy (non-hydrogen) atoms. The molecule has 0 amide bonds. The molecule has 2 nitrogen and oxygen atoms in total. The molecule has 0 saturated carbocycles. The van der Waals surface area contributed by atoms with Crippen LogP contribution in [0.5, 0.6) is 0 Å². The van der Waals surface area contributed by atoms with Gasteiger partial charge in [-0.25, -0.2) is 0 Å². The van der Waals surface area contributed by atoms with Crippen LogP contribution < -0.4 is 0 Å². The zero-order chi connectivity index (χ0) is 15.4. The number of rotatable bonds is 4. The topological polar surface area (TPSA) is 34.1 Å².